The fraction of sp³-hybridized carbons (Fsp3) is 0.632. The van der Waals surface area contributed by atoms with Crippen LogP contribution in [0.4, 0.5) is 0 Å². The van der Waals surface area contributed by atoms with Crippen molar-refractivity contribution < 1.29 is 39.0 Å². The van der Waals surface area contributed by atoms with Gasteiger partial charge in [0.2, 0.25) is 29.5 Å². The fourth-order valence-electron chi connectivity index (χ4n) is 5.54. The van der Waals surface area contributed by atoms with Gasteiger partial charge in [-0.3, -0.25) is 24.0 Å². The largest absolute Gasteiger partial charge is 0.508 e. The van der Waals surface area contributed by atoms with Crippen molar-refractivity contribution in [2.24, 2.45) is 23.1 Å². The Kier molecular flexibility index (Phi) is 23.1. The van der Waals surface area contributed by atoms with E-state index in [0.29, 0.717) is 50.8 Å². The monoisotopic (exact) mass is 760 g/mol. The number of nitrogens with one attached hydrogen (secondary N) is 5. The first kappa shape index (κ1) is 47.5. The summed E-state index contributed by atoms with van der Waals surface area (Å²) in [6, 6.07) is -0.566. The zero-order valence-corrected chi connectivity index (χ0v) is 32.3. The van der Waals surface area contributed by atoms with Gasteiger partial charge >= 0.3 is 5.97 Å². The summed E-state index contributed by atoms with van der Waals surface area (Å²) in [4.78, 5) is 79.4. The van der Waals surface area contributed by atoms with Crippen molar-refractivity contribution in [3.05, 3.63) is 42.0 Å². The third-order valence-corrected chi connectivity index (χ3v) is 8.64. The number of unbranched alkanes of at least 4 members (excludes halogenated alkanes) is 4. The minimum absolute atomic E-state index is 0.000279. The Morgan fingerprint density at radius 2 is 1.09 bits per heavy atom. The molecule has 0 bridgehead atoms. The average Bonchev–Trinajstić information content (AvgIpc) is 3.12. The number of hydrogen-bond donors (Lipinski definition) is 10. The van der Waals surface area contributed by atoms with E-state index in [1.54, 1.807) is 31.2 Å². The van der Waals surface area contributed by atoms with Gasteiger partial charge in [-0.25, -0.2) is 4.79 Å². The molecular weight excluding hydrogens is 696 g/mol. The highest BCUT2D eigenvalue weighted by atomic mass is 16.4. The highest BCUT2D eigenvalue weighted by Crippen LogP contribution is 2.14. The summed E-state index contributed by atoms with van der Waals surface area (Å²) >= 11 is 0. The van der Waals surface area contributed by atoms with E-state index >= 15 is 0 Å². The number of aliphatic carboxylic acids is 1. The van der Waals surface area contributed by atoms with Crippen LogP contribution in [0.1, 0.15) is 97.5 Å². The molecule has 1 rings (SSSR count). The summed E-state index contributed by atoms with van der Waals surface area (Å²) < 4.78 is 0. The van der Waals surface area contributed by atoms with Crippen molar-refractivity contribution >= 4 is 35.5 Å². The number of amides is 5. The minimum atomic E-state index is -1.25. The van der Waals surface area contributed by atoms with E-state index in [1.807, 2.05) is 13.8 Å². The predicted octanol–water partition coefficient (Wildman–Crippen LogP) is 0.841. The van der Waals surface area contributed by atoms with Gasteiger partial charge in [-0.15, -0.1) is 0 Å². The van der Waals surface area contributed by atoms with Crippen molar-refractivity contribution in [3.8, 4) is 5.75 Å². The maximum absolute atomic E-state index is 13.9. The number of phenols is 1. The summed E-state index contributed by atoms with van der Waals surface area (Å²) in [5.74, 6) is -4.48. The molecule has 0 aliphatic carbocycles. The van der Waals surface area contributed by atoms with Gasteiger partial charge in [0, 0.05) is 6.42 Å². The van der Waals surface area contributed by atoms with Gasteiger partial charge in [-0.1, -0.05) is 63.8 Å². The fourth-order valence-corrected chi connectivity index (χ4v) is 5.54. The predicted molar refractivity (Wildman–Crippen MR) is 207 cm³/mol. The van der Waals surface area contributed by atoms with Crippen LogP contribution < -0.4 is 43.8 Å². The molecule has 1 aromatic carbocycles. The summed E-state index contributed by atoms with van der Waals surface area (Å²) in [5.41, 5.74) is 17.6. The Labute approximate surface area is 319 Å². The zero-order chi connectivity index (χ0) is 40.6. The third kappa shape index (κ3) is 19.0. The molecule has 0 saturated carbocycles. The molecule has 6 atom stereocenters. The molecule has 0 fully saturated rings. The van der Waals surface area contributed by atoms with E-state index in [1.165, 1.54) is 19.1 Å². The lowest BCUT2D eigenvalue weighted by Gasteiger charge is -2.27. The molecule has 0 heterocycles. The molecule has 304 valence electrons. The zero-order valence-electron chi connectivity index (χ0n) is 32.3. The Balaban J connectivity index is 3.37. The Hall–Kier alpha value is -4.54. The van der Waals surface area contributed by atoms with Gasteiger partial charge in [0.15, 0.2) is 0 Å². The Bertz CT molecular complexity index is 1360. The van der Waals surface area contributed by atoms with Gasteiger partial charge in [0.25, 0.3) is 0 Å². The van der Waals surface area contributed by atoms with Crippen LogP contribution in [0, 0.1) is 5.92 Å². The van der Waals surface area contributed by atoms with Crippen molar-refractivity contribution in [2.45, 2.75) is 135 Å². The van der Waals surface area contributed by atoms with Crippen LogP contribution in [0.25, 0.3) is 0 Å². The van der Waals surface area contributed by atoms with E-state index in [2.05, 4.69) is 26.6 Å². The van der Waals surface area contributed by atoms with E-state index in [0.717, 1.165) is 12.8 Å². The molecular formula is C38H64N8O8. The molecule has 0 aliphatic heterocycles. The number of rotatable bonds is 27. The van der Waals surface area contributed by atoms with Crippen molar-refractivity contribution in [3.63, 3.8) is 0 Å². The summed E-state index contributed by atoms with van der Waals surface area (Å²) in [6.07, 6.45) is 8.01. The normalized spacial score (nSPS) is 14.7. The smallest absolute Gasteiger partial charge is 0.326 e. The molecule has 0 radical (unpaired) electrons. The van der Waals surface area contributed by atoms with Crippen LogP contribution >= 0.6 is 0 Å². The summed E-state index contributed by atoms with van der Waals surface area (Å²) in [7, 11) is 0. The Morgan fingerprint density at radius 3 is 1.56 bits per heavy atom. The van der Waals surface area contributed by atoms with Gasteiger partial charge in [-0.05, 0) is 89.1 Å². The Morgan fingerprint density at radius 1 is 0.648 bits per heavy atom. The molecule has 54 heavy (non-hydrogen) atoms. The molecule has 0 aromatic heterocycles. The first-order valence-corrected chi connectivity index (χ1v) is 18.9. The van der Waals surface area contributed by atoms with E-state index in [4.69, 9.17) is 17.2 Å². The first-order valence-electron chi connectivity index (χ1n) is 18.9. The maximum atomic E-state index is 13.9. The second-order valence-electron chi connectivity index (χ2n) is 14.0. The molecule has 16 nitrogen and oxygen atoms in total. The van der Waals surface area contributed by atoms with E-state index in [-0.39, 0.29) is 37.4 Å². The van der Waals surface area contributed by atoms with Crippen LogP contribution in [-0.4, -0.2) is 95.1 Å². The average molecular weight is 761 g/mol. The lowest BCUT2D eigenvalue weighted by Crippen LogP contribution is -2.59. The number of benzene rings is 1. The molecule has 0 spiro atoms. The lowest BCUT2D eigenvalue weighted by atomic mass is 10.0. The standard InChI is InChI=1S/C38H64N8O8/c1-5-6-13-28(36(51)45-31(23-26-16-18-27(47)19-17-26)37(52)46-32(38(53)54)22-24(2)3)43-35(50)30(15-10-8-12-21-40)44-34(49)29(14-9-7-11-20-39)42-33(48)25(4)41/h5-6,16-19,24-25,28-32,47H,7-15,20-23,39-41H2,1-4H3,(H,42,48)(H,43,50)(H,44,49)(H,45,51)(H,46,52)(H,53,54)/b6-5+/t25-,28-,29-,30-,31-,32-/m0/s1. The summed E-state index contributed by atoms with van der Waals surface area (Å²) in [6.45, 7) is 7.81. The first-order chi connectivity index (χ1) is 25.6. The van der Waals surface area contributed by atoms with Gasteiger partial charge in [0.05, 0.1) is 6.04 Å². The van der Waals surface area contributed by atoms with Crippen molar-refractivity contribution in [2.75, 3.05) is 13.1 Å². The number of carbonyl (C=O) groups excluding carboxylic acids is 5. The van der Waals surface area contributed by atoms with Crippen LogP contribution in [0.3, 0.4) is 0 Å². The summed E-state index contributed by atoms with van der Waals surface area (Å²) in [5, 5.41) is 32.9. The number of nitrogens with two attached hydrogens (primary N) is 3. The number of carboxylic acid groups (broad SMARTS) is 1. The van der Waals surface area contributed by atoms with Crippen LogP contribution in [-0.2, 0) is 35.2 Å². The maximum Gasteiger partial charge on any atom is 0.326 e. The lowest BCUT2D eigenvalue weighted by molar-refractivity contribution is -0.142. The molecule has 0 unspecified atom stereocenters. The minimum Gasteiger partial charge on any atom is -0.508 e. The second-order valence-corrected chi connectivity index (χ2v) is 14.0. The number of phenolic OH excluding ortho intramolecular Hbond substituents is 1. The molecule has 5 amide bonds. The van der Waals surface area contributed by atoms with Gasteiger partial charge in [0.1, 0.15) is 36.0 Å². The van der Waals surface area contributed by atoms with E-state index in [9.17, 15) is 39.0 Å². The third-order valence-electron chi connectivity index (χ3n) is 8.64. The van der Waals surface area contributed by atoms with Gasteiger partial charge in [-0.2, -0.15) is 0 Å². The molecule has 1 aromatic rings. The highest BCUT2D eigenvalue weighted by molar-refractivity contribution is 5.96. The van der Waals surface area contributed by atoms with E-state index < -0.39 is 71.8 Å². The molecule has 0 aliphatic rings. The SMILES string of the molecule is C/C=C/C[C@H](NC(=O)[C@H](CCCCCN)NC(=O)[C@H](CCCCCN)NC(=O)[C@H](C)N)C(=O)N[C@@H](Cc1ccc(O)cc1)C(=O)N[C@@H](CC(C)C)C(=O)O. The topological polar surface area (TPSA) is 281 Å². The van der Waals surface area contributed by atoms with Crippen LogP contribution in [0.5, 0.6) is 5.75 Å². The van der Waals surface area contributed by atoms with Crippen LogP contribution in [0.2, 0.25) is 0 Å². The molecule has 0 saturated heterocycles. The highest BCUT2D eigenvalue weighted by Gasteiger charge is 2.32. The van der Waals surface area contributed by atoms with Crippen molar-refractivity contribution in [1.82, 2.24) is 26.6 Å². The molecule has 16 heteroatoms. The number of carbonyl (C=O) groups is 6. The van der Waals surface area contributed by atoms with Crippen molar-refractivity contribution in [1.29, 1.82) is 0 Å². The van der Waals surface area contributed by atoms with Gasteiger partial charge < -0.3 is 54.0 Å². The second kappa shape index (κ2) is 26.3. The van der Waals surface area contributed by atoms with Crippen LogP contribution in [0.15, 0.2) is 36.4 Å². The number of aromatic hydroxyl groups is 1. The number of hydrogen-bond acceptors (Lipinski definition) is 10. The number of allylic oxidation sites excluding steroid dienone is 1. The molecule has 13 N–H and O–H groups in total. The quantitative estimate of drug-likeness (QED) is 0.0443. The number of carboxylic acids is 1.